The Morgan fingerprint density at radius 3 is 2.75 bits per heavy atom. The van der Waals surface area contributed by atoms with Crippen LogP contribution in [0.25, 0.3) is 11.4 Å². The molecule has 5 heteroatoms. The van der Waals surface area contributed by atoms with Crippen LogP contribution in [-0.4, -0.2) is 19.9 Å². The number of anilines is 1. The van der Waals surface area contributed by atoms with Gasteiger partial charge in [0.2, 0.25) is 0 Å². The molecule has 2 aromatic rings. The number of hydrogen-bond acceptors (Lipinski definition) is 5. The van der Waals surface area contributed by atoms with Crippen molar-refractivity contribution in [3.05, 3.63) is 30.5 Å². The Kier molecular flexibility index (Phi) is 3.05. The number of rotatable bonds is 3. The number of aryl methyl sites for hydroxylation is 1. The van der Waals surface area contributed by atoms with Crippen molar-refractivity contribution in [2.45, 2.75) is 19.8 Å². The standard InChI is InChI=1S/C11H13N5/c1-2-3-11-15-8(6-10(12)16-11)9-7-13-4-5-14-9/h4-7H,2-3H2,1H3,(H2,12,15,16). The summed E-state index contributed by atoms with van der Waals surface area (Å²) in [7, 11) is 0. The summed E-state index contributed by atoms with van der Waals surface area (Å²) in [4.78, 5) is 16.8. The Hall–Kier alpha value is -2.04. The number of nitrogen functional groups attached to an aromatic ring is 1. The molecule has 0 amide bonds. The van der Waals surface area contributed by atoms with Gasteiger partial charge in [-0.25, -0.2) is 9.97 Å². The largest absolute Gasteiger partial charge is 0.384 e. The highest BCUT2D eigenvalue weighted by molar-refractivity contribution is 5.56. The zero-order valence-corrected chi connectivity index (χ0v) is 9.09. The molecule has 0 saturated heterocycles. The lowest BCUT2D eigenvalue weighted by molar-refractivity contribution is 0.838. The third-order valence-electron chi connectivity index (χ3n) is 2.09. The molecule has 0 saturated carbocycles. The number of hydrogen-bond donors (Lipinski definition) is 1. The molecule has 2 N–H and O–H groups in total. The molecule has 0 spiro atoms. The van der Waals surface area contributed by atoms with E-state index in [1.807, 2.05) is 0 Å². The van der Waals surface area contributed by atoms with Crippen molar-refractivity contribution in [2.75, 3.05) is 5.73 Å². The van der Waals surface area contributed by atoms with Gasteiger partial charge >= 0.3 is 0 Å². The SMILES string of the molecule is CCCc1nc(N)cc(-c2cnccn2)n1. The van der Waals surface area contributed by atoms with Crippen LogP contribution in [0.2, 0.25) is 0 Å². The van der Waals surface area contributed by atoms with Crippen molar-refractivity contribution in [1.82, 2.24) is 19.9 Å². The van der Waals surface area contributed by atoms with E-state index >= 15 is 0 Å². The van der Waals surface area contributed by atoms with E-state index in [1.54, 1.807) is 24.7 Å². The smallest absolute Gasteiger partial charge is 0.131 e. The summed E-state index contributed by atoms with van der Waals surface area (Å²) in [6.45, 7) is 2.08. The molecule has 0 unspecified atom stereocenters. The topological polar surface area (TPSA) is 77.6 Å². The van der Waals surface area contributed by atoms with E-state index < -0.39 is 0 Å². The highest BCUT2D eigenvalue weighted by Gasteiger charge is 2.05. The Bertz CT molecular complexity index is 469. The minimum atomic E-state index is 0.471. The van der Waals surface area contributed by atoms with Gasteiger partial charge in [0.15, 0.2) is 0 Å². The first-order valence-corrected chi connectivity index (χ1v) is 5.19. The minimum absolute atomic E-state index is 0.471. The molecule has 5 nitrogen and oxygen atoms in total. The first-order valence-electron chi connectivity index (χ1n) is 5.19. The lowest BCUT2D eigenvalue weighted by Gasteiger charge is -2.03. The van der Waals surface area contributed by atoms with Gasteiger partial charge in [0.25, 0.3) is 0 Å². The van der Waals surface area contributed by atoms with Crippen LogP contribution in [0.15, 0.2) is 24.7 Å². The number of nitrogens with two attached hydrogens (primary N) is 1. The summed E-state index contributed by atoms with van der Waals surface area (Å²) in [5.41, 5.74) is 7.17. The third kappa shape index (κ3) is 2.31. The van der Waals surface area contributed by atoms with Crippen LogP contribution in [0.5, 0.6) is 0 Å². The van der Waals surface area contributed by atoms with Crippen LogP contribution < -0.4 is 5.73 Å². The zero-order valence-electron chi connectivity index (χ0n) is 9.09. The third-order valence-corrected chi connectivity index (χ3v) is 2.09. The van der Waals surface area contributed by atoms with Crippen LogP contribution in [0.1, 0.15) is 19.2 Å². The normalized spacial score (nSPS) is 10.3. The molecule has 0 aliphatic rings. The summed E-state index contributed by atoms with van der Waals surface area (Å²) in [5.74, 6) is 1.22. The summed E-state index contributed by atoms with van der Waals surface area (Å²) >= 11 is 0. The van der Waals surface area contributed by atoms with Crippen LogP contribution >= 0.6 is 0 Å². The van der Waals surface area contributed by atoms with E-state index in [9.17, 15) is 0 Å². The average molecular weight is 215 g/mol. The first kappa shape index (κ1) is 10.5. The molecule has 0 aliphatic carbocycles. The molecule has 2 aromatic heterocycles. The summed E-state index contributed by atoms with van der Waals surface area (Å²) < 4.78 is 0. The van der Waals surface area contributed by atoms with E-state index in [1.165, 1.54) is 0 Å². The Balaban J connectivity index is 2.41. The fourth-order valence-electron chi connectivity index (χ4n) is 1.42. The van der Waals surface area contributed by atoms with Gasteiger partial charge < -0.3 is 5.73 Å². The van der Waals surface area contributed by atoms with Gasteiger partial charge in [0, 0.05) is 24.9 Å². The Labute approximate surface area is 93.8 Å². The second-order valence-electron chi connectivity index (χ2n) is 3.43. The summed E-state index contributed by atoms with van der Waals surface area (Å²) in [6, 6.07) is 1.71. The van der Waals surface area contributed by atoms with Gasteiger partial charge in [-0.15, -0.1) is 0 Å². The molecule has 0 atom stereocenters. The van der Waals surface area contributed by atoms with Gasteiger partial charge in [-0.1, -0.05) is 6.92 Å². The molecule has 0 radical (unpaired) electrons. The molecule has 0 fully saturated rings. The predicted molar refractivity (Wildman–Crippen MR) is 61.5 cm³/mol. The van der Waals surface area contributed by atoms with Crippen molar-refractivity contribution in [1.29, 1.82) is 0 Å². The lowest BCUT2D eigenvalue weighted by atomic mass is 10.2. The van der Waals surface area contributed by atoms with Crippen molar-refractivity contribution >= 4 is 5.82 Å². The highest BCUT2D eigenvalue weighted by Crippen LogP contribution is 2.15. The van der Waals surface area contributed by atoms with Gasteiger partial charge in [-0.2, -0.15) is 0 Å². The zero-order chi connectivity index (χ0) is 11.4. The molecule has 82 valence electrons. The van der Waals surface area contributed by atoms with E-state index in [0.717, 1.165) is 24.4 Å². The van der Waals surface area contributed by atoms with Crippen LogP contribution in [0, 0.1) is 0 Å². The monoisotopic (exact) mass is 215 g/mol. The van der Waals surface area contributed by atoms with Gasteiger partial charge in [-0.3, -0.25) is 9.97 Å². The predicted octanol–water partition coefficient (Wildman–Crippen LogP) is 1.47. The molecule has 2 heterocycles. The Morgan fingerprint density at radius 1 is 1.19 bits per heavy atom. The summed E-state index contributed by atoms with van der Waals surface area (Å²) in [6.07, 6.45) is 6.73. The maximum absolute atomic E-state index is 5.73. The minimum Gasteiger partial charge on any atom is -0.384 e. The van der Waals surface area contributed by atoms with Crippen LogP contribution in [0.3, 0.4) is 0 Å². The molecular formula is C11H13N5. The quantitative estimate of drug-likeness (QED) is 0.838. The second-order valence-corrected chi connectivity index (χ2v) is 3.43. The molecule has 0 aliphatic heterocycles. The fraction of sp³-hybridized carbons (Fsp3) is 0.273. The van der Waals surface area contributed by atoms with E-state index in [0.29, 0.717) is 11.5 Å². The van der Waals surface area contributed by atoms with Crippen LogP contribution in [0.4, 0.5) is 5.82 Å². The van der Waals surface area contributed by atoms with E-state index in [2.05, 4.69) is 26.9 Å². The summed E-state index contributed by atoms with van der Waals surface area (Å²) in [5, 5.41) is 0. The Morgan fingerprint density at radius 2 is 2.06 bits per heavy atom. The second kappa shape index (κ2) is 4.65. The molecular weight excluding hydrogens is 202 g/mol. The van der Waals surface area contributed by atoms with Crippen molar-refractivity contribution in [2.24, 2.45) is 0 Å². The highest BCUT2D eigenvalue weighted by atomic mass is 15.0. The van der Waals surface area contributed by atoms with Gasteiger partial charge in [0.1, 0.15) is 17.3 Å². The average Bonchev–Trinajstić information content (AvgIpc) is 2.30. The van der Waals surface area contributed by atoms with Crippen molar-refractivity contribution in [3.8, 4) is 11.4 Å². The maximum Gasteiger partial charge on any atom is 0.131 e. The molecule has 0 aromatic carbocycles. The van der Waals surface area contributed by atoms with Gasteiger partial charge in [-0.05, 0) is 6.42 Å². The number of nitrogens with zero attached hydrogens (tertiary/aromatic N) is 4. The van der Waals surface area contributed by atoms with Gasteiger partial charge in [0.05, 0.1) is 11.9 Å². The van der Waals surface area contributed by atoms with E-state index in [4.69, 9.17) is 5.73 Å². The molecule has 0 bridgehead atoms. The lowest BCUT2D eigenvalue weighted by Crippen LogP contribution is -2.01. The van der Waals surface area contributed by atoms with E-state index in [-0.39, 0.29) is 0 Å². The first-order chi connectivity index (χ1) is 7.79. The number of aromatic nitrogens is 4. The van der Waals surface area contributed by atoms with Crippen molar-refractivity contribution < 1.29 is 0 Å². The fourth-order valence-corrected chi connectivity index (χ4v) is 1.42. The maximum atomic E-state index is 5.73. The molecule has 2 rings (SSSR count). The van der Waals surface area contributed by atoms with Crippen molar-refractivity contribution in [3.63, 3.8) is 0 Å². The molecule has 16 heavy (non-hydrogen) atoms. The van der Waals surface area contributed by atoms with Crippen LogP contribution in [-0.2, 0) is 6.42 Å².